The van der Waals surface area contributed by atoms with Gasteiger partial charge in [0, 0.05) is 18.8 Å². The molecule has 9 heteroatoms. The maximum absolute atomic E-state index is 13.1. The molecule has 2 heterocycles. The highest BCUT2D eigenvalue weighted by atomic mass is 19.4. The molecule has 0 spiro atoms. The van der Waals surface area contributed by atoms with Crippen LogP contribution in [-0.4, -0.2) is 38.9 Å². The van der Waals surface area contributed by atoms with E-state index >= 15 is 0 Å². The van der Waals surface area contributed by atoms with Gasteiger partial charge in [0.2, 0.25) is 5.82 Å². The summed E-state index contributed by atoms with van der Waals surface area (Å²) in [5, 5.41) is 7.53. The van der Waals surface area contributed by atoms with Gasteiger partial charge in [-0.15, -0.1) is 0 Å². The Bertz CT molecular complexity index is 1240. The van der Waals surface area contributed by atoms with Gasteiger partial charge in [0.25, 0.3) is 5.91 Å². The number of benzene rings is 2. The Morgan fingerprint density at radius 1 is 1.06 bits per heavy atom. The largest absolute Gasteiger partial charge is 0.393 e. The molecule has 6 nitrogen and oxygen atoms in total. The van der Waals surface area contributed by atoms with Crippen molar-refractivity contribution in [2.75, 3.05) is 7.05 Å². The quantitative estimate of drug-likeness (QED) is 0.525. The molecule has 0 fully saturated rings. The number of hydrogen-bond acceptors (Lipinski definition) is 4. The first-order valence-corrected chi connectivity index (χ1v) is 9.50. The van der Waals surface area contributed by atoms with Crippen LogP contribution in [0.25, 0.3) is 22.3 Å². The SMILES string of the molecule is CNC(=O)c1ncc2c(-c3ccccc3CC(F)(F)F)nn(Cc3ccccc3)c2n1. The molecule has 2 aromatic carbocycles. The zero-order valence-corrected chi connectivity index (χ0v) is 16.5. The van der Waals surface area contributed by atoms with E-state index in [1.807, 2.05) is 30.3 Å². The first-order valence-electron chi connectivity index (χ1n) is 9.50. The Morgan fingerprint density at radius 2 is 1.77 bits per heavy atom. The number of amides is 1. The number of alkyl halides is 3. The third kappa shape index (κ3) is 4.40. The Morgan fingerprint density at radius 3 is 2.48 bits per heavy atom. The summed E-state index contributed by atoms with van der Waals surface area (Å²) in [6, 6.07) is 15.7. The van der Waals surface area contributed by atoms with Crippen LogP contribution in [0.2, 0.25) is 0 Å². The van der Waals surface area contributed by atoms with Gasteiger partial charge in [-0.25, -0.2) is 14.6 Å². The molecule has 31 heavy (non-hydrogen) atoms. The highest BCUT2D eigenvalue weighted by Gasteiger charge is 2.30. The lowest BCUT2D eigenvalue weighted by atomic mass is 10.0. The van der Waals surface area contributed by atoms with Crippen LogP contribution in [0.4, 0.5) is 13.2 Å². The van der Waals surface area contributed by atoms with Crippen LogP contribution >= 0.6 is 0 Å². The van der Waals surface area contributed by atoms with E-state index in [-0.39, 0.29) is 11.4 Å². The van der Waals surface area contributed by atoms with E-state index in [0.29, 0.717) is 28.8 Å². The maximum atomic E-state index is 13.1. The summed E-state index contributed by atoms with van der Waals surface area (Å²) < 4.78 is 41.0. The van der Waals surface area contributed by atoms with Gasteiger partial charge in [-0.1, -0.05) is 54.6 Å². The van der Waals surface area contributed by atoms with Crippen LogP contribution < -0.4 is 5.32 Å². The molecule has 0 bridgehead atoms. The van der Waals surface area contributed by atoms with E-state index in [0.717, 1.165) is 5.56 Å². The Labute approximate surface area is 175 Å². The summed E-state index contributed by atoms with van der Waals surface area (Å²) in [7, 11) is 1.47. The number of fused-ring (bicyclic) bond motifs is 1. The molecule has 0 saturated carbocycles. The molecule has 0 aliphatic carbocycles. The van der Waals surface area contributed by atoms with Crippen molar-refractivity contribution >= 4 is 16.9 Å². The summed E-state index contributed by atoms with van der Waals surface area (Å²) in [5.41, 5.74) is 2.11. The van der Waals surface area contributed by atoms with E-state index < -0.39 is 18.5 Å². The van der Waals surface area contributed by atoms with Crippen molar-refractivity contribution < 1.29 is 18.0 Å². The fourth-order valence-electron chi connectivity index (χ4n) is 3.37. The van der Waals surface area contributed by atoms with Crippen molar-refractivity contribution in [2.45, 2.75) is 19.1 Å². The fourth-order valence-corrected chi connectivity index (χ4v) is 3.37. The molecule has 4 rings (SSSR count). The van der Waals surface area contributed by atoms with Gasteiger partial charge in [0.15, 0.2) is 5.65 Å². The summed E-state index contributed by atoms with van der Waals surface area (Å²) in [6.07, 6.45) is -4.00. The van der Waals surface area contributed by atoms with Crippen LogP contribution in [0.15, 0.2) is 60.8 Å². The summed E-state index contributed by atoms with van der Waals surface area (Å²) in [6.45, 7) is 0.336. The molecule has 0 aliphatic heterocycles. The third-order valence-electron chi connectivity index (χ3n) is 4.76. The second kappa shape index (κ2) is 8.17. The molecule has 0 saturated heterocycles. The number of carbonyl (C=O) groups excluding carboxylic acids is 1. The van der Waals surface area contributed by atoms with Gasteiger partial charge in [0.05, 0.1) is 18.4 Å². The average Bonchev–Trinajstić information content (AvgIpc) is 3.10. The maximum Gasteiger partial charge on any atom is 0.393 e. The predicted octanol–water partition coefficient (Wildman–Crippen LogP) is 4.01. The lowest BCUT2D eigenvalue weighted by molar-refractivity contribution is -0.127. The molecule has 158 valence electrons. The molecule has 0 unspecified atom stereocenters. The molecule has 4 aromatic rings. The standard InChI is InChI=1S/C22H18F3N5O/c1-26-21(31)19-27-12-17-18(16-10-6-5-9-15(16)11-22(23,24)25)29-30(20(17)28-19)13-14-7-3-2-4-8-14/h2-10,12H,11,13H2,1H3,(H,26,31). The molecule has 2 aromatic heterocycles. The van der Waals surface area contributed by atoms with Crippen LogP contribution in [0, 0.1) is 0 Å². The molecular formula is C22H18F3N5O. The van der Waals surface area contributed by atoms with E-state index in [9.17, 15) is 18.0 Å². The van der Waals surface area contributed by atoms with Gasteiger partial charge in [0.1, 0.15) is 5.69 Å². The van der Waals surface area contributed by atoms with Gasteiger partial charge in [-0.2, -0.15) is 18.3 Å². The van der Waals surface area contributed by atoms with E-state index in [1.165, 1.54) is 19.3 Å². The summed E-state index contributed by atoms with van der Waals surface area (Å²) >= 11 is 0. The first kappa shape index (κ1) is 20.5. The minimum atomic E-state index is -4.36. The Kier molecular flexibility index (Phi) is 5.41. The monoisotopic (exact) mass is 425 g/mol. The second-order valence-electron chi connectivity index (χ2n) is 6.95. The van der Waals surface area contributed by atoms with Crippen LogP contribution in [-0.2, 0) is 13.0 Å². The van der Waals surface area contributed by atoms with E-state index in [1.54, 1.807) is 22.9 Å². The summed E-state index contributed by atoms with van der Waals surface area (Å²) in [5.74, 6) is -0.507. The van der Waals surface area contributed by atoms with Gasteiger partial charge in [-0.3, -0.25) is 4.79 Å². The van der Waals surface area contributed by atoms with Crippen molar-refractivity contribution in [3.05, 3.63) is 77.7 Å². The predicted molar refractivity (Wildman–Crippen MR) is 109 cm³/mol. The summed E-state index contributed by atoms with van der Waals surface area (Å²) in [4.78, 5) is 20.5. The van der Waals surface area contributed by atoms with Crippen molar-refractivity contribution in [3.63, 3.8) is 0 Å². The Balaban J connectivity index is 1.90. The highest BCUT2D eigenvalue weighted by Crippen LogP contribution is 2.33. The minimum absolute atomic E-state index is 0.0423. The zero-order valence-electron chi connectivity index (χ0n) is 16.5. The van der Waals surface area contributed by atoms with Crippen molar-refractivity contribution in [1.29, 1.82) is 0 Å². The van der Waals surface area contributed by atoms with Gasteiger partial charge < -0.3 is 5.32 Å². The van der Waals surface area contributed by atoms with Gasteiger partial charge in [-0.05, 0) is 11.1 Å². The average molecular weight is 425 g/mol. The second-order valence-corrected chi connectivity index (χ2v) is 6.95. The van der Waals surface area contributed by atoms with Crippen LogP contribution in [0.3, 0.4) is 0 Å². The molecule has 1 amide bonds. The molecular weight excluding hydrogens is 407 g/mol. The normalized spacial score (nSPS) is 11.6. The fraction of sp³-hybridized carbons (Fsp3) is 0.182. The number of nitrogens with zero attached hydrogens (tertiary/aromatic N) is 4. The lowest BCUT2D eigenvalue weighted by Crippen LogP contribution is -2.21. The smallest absolute Gasteiger partial charge is 0.352 e. The topological polar surface area (TPSA) is 72.7 Å². The first-order chi connectivity index (χ1) is 14.9. The van der Waals surface area contributed by atoms with Gasteiger partial charge >= 0.3 is 6.18 Å². The number of nitrogens with one attached hydrogen (secondary N) is 1. The number of hydrogen-bond donors (Lipinski definition) is 1. The molecule has 0 radical (unpaired) electrons. The molecule has 1 N–H and O–H groups in total. The zero-order chi connectivity index (χ0) is 22.0. The third-order valence-corrected chi connectivity index (χ3v) is 4.76. The number of carbonyl (C=O) groups is 1. The number of halogens is 3. The van der Waals surface area contributed by atoms with Crippen molar-refractivity contribution in [2.24, 2.45) is 0 Å². The number of aromatic nitrogens is 4. The molecule has 0 atom stereocenters. The number of rotatable bonds is 5. The molecule has 0 aliphatic rings. The minimum Gasteiger partial charge on any atom is -0.352 e. The lowest BCUT2D eigenvalue weighted by Gasteiger charge is -2.10. The van der Waals surface area contributed by atoms with E-state index in [4.69, 9.17) is 0 Å². The van der Waals surface area contributed by atoms with Crippen molar-refractivity contribution in [1.82, 2.24) is 25.1 Å². The highest BCUT2D eigenvalue weighted by molar-refractivity contribution is 5.95. The van der Waals surface area contributed by atoms with Crippen molar-refractivity contribution in [3.8, 4) is 11.3 Å². The van der Waals surface area contributed by atoms with Crippen LogP contribution in [0.1, 0.15) is 21.7 Å². The Hall–Kier alpha value is -3.75. The van der Waals surface area contributed by atoms with Crippen LogP contribution in [0.5, 0.6) is 0 Å². The van der Waals surface area contributed by atoms with E-state index in [2.05, 4.69) is 20.4 Å².